The Bertz CT molecular complexity index is 578. The van der Waals surface area contributed by atoms with Crippen LogP contribution in [0, 0.1) is 0 Å². The first-order chi connectivity index (χ1) is 12.6. The van der Waals surface area contributed by atoms with Gasteiger partial charge in [-0.1, -0.05) is 0 Å². The van der Waals surface area contributed by atoms with Crippen molar-refractivity contribution in [3.05, 3.63) is 40.4 Å². The van der Waals surface area contributed by atoms with Gasteiger partial charge in [-0.2, -0.15) is 0 Å². The predicted octanol–water partition coefficient (Wildman–Crippen LogP) is 4.56. The van der Waals surface area contributed by atoms with Crippen molar-refractivity contribution in [2.75, 3.05) is 6.61 Å². The number of hydrogen-bond acceptors (Lipinski definition) is 3. The molecule has 0 unspecified atom stereocenters. The summed E-state index contributed by atoms with van der Waals surface area (Å²) >= 11 is -0.168. The average Bonchev–Trinajstić information content (AvgIpc) is 2.65. The average molecular weight is 423 g/mol. The van der Waals surface area contributed by atoms with Crippen molar-refractivity contribution in [2.24, 2.45) is 0 Å². The summed E-state index contributed by atoms with van der Waals surface area (Å²) < 4.78 is 7.07. The van der Waals surface area contributed by atoms with E-state index in [2.05, 4.69) is 6.92 Å². The number of carbonyl (C=O) groups excluding carboxylic acids is 2. The van der Waals surface area contributed by atoms with E-state index in [9.17, 15) is 9.59 Å². The summed E-state index contributed by atoms with van der Waals surface area (Å²) in [7, 11) is 0. The third kappa shape index (κ3) is 8.33. The Kier molecular flexibility index (Phi) is 12.0. The van der Waals surface area contributed by atoms with Crippen LogP contribution in [-0.4, -0.2) is 33.3 Å². The maximum atomic E-state index is 13.0. The Hall–Kier alpha value is -1.38. The maximum absolute atomic E-state index is 13.0. The second-order valence-electron chi connectivity index (χ2n) is 6.28. The van der Waals surface area contributed by atoms with Crippen LogP contribution in [0.3, 0.4) is 0 Å². The number of hydrogen-bond donors (Lipinski definition) is 0. The van der Waals surface area contributed by atoms with Gasteiger partial charge in [0.1, 0.15) is 0 Å². The quantitative estimate of drug-likeness (QED) is 0.202. The molecule has 1 aromatic rings. The molecule has 0 aromatic heterocycles. The zero-order chi connectivity index (χ0) is 19.2. The number of rotatable bonds is 13. The van der Waals surface area contributed by atoms with E-state index in [4.69, 9.17) is 4.74 Å². The standard InChI is InChI=1S/C22H32O3Se/c1-4-7-8-9-13-17-20(23)21(26-18-15-11-10-12-16-18)19(14-5-2)22(24)25-6-3/h10-12,15-16H,4-9,13-14,17H2,1-3H3. The fourth-order valence-electron chi connectivity index (χ4n) is 2.67. The van der Waals surface area contributed by atoms with E-state index >= 15 is 0 Å². The van der Waals surface area contributed by atoms with Crippen LogP contribution in [0.15, 0.2) is 40.4 Å². The summed E-state index contributed by atoms with van der Waals surface area (Å²) in [5.74, 6) is -0.191. The SMILES string of the molecule is CCCCCCCC(=O)C([Se]c1ccccc1)=C(CCC)C(=O)OCC. The minimum atomic E-state index is -0.318. The molecule has 1 aromatic carbocycles. The van der Waals surface area contributed by atoms with Crippen LogP contribution in [0.5, 0.6) is 0 Å². The van der Waals surface area contributed by atoms with Crippen LogP contribution in [-0.2, 0) is 14.3 Å². The molecule has 0 aliphatic carbocycles. The van der Waals surface area contributed by atoms with Crippen molar-refractivity contribution in [3.63, 3.8) is 0 Å². The Morgan fingerprint density at radius 2 is 1.58 bits per heavy atom. The Morgan fingerprint density at radius 1 is 0.885 bits per heavy atom. The number of carbonyl (C=O) groups is 2. The predicted molar refractivity (Wildman–Crippen MR) is 109 cm³/mol. The molecule has 0 spiro atoms. The molecule has 0 atom stereocenters. The van der Waals surface area contributed by atoms with Crippen LogP contribution < -0.4 is 4.46 Å². The molecule has 0 bridgehead atoms. The summed E-state index contributed by atoms with van der Waals surface area (Å²) in [6, 6.07) is 9.99. The summed E-state index contributed by atoms with van der Waals surface area (Å²) in [5.41, 5.74) is 0.594. The fraction of sp³-hybridized carbons (Fsp3) is 0.545. The van der Waals surface area contributed by atoms with Crippen LogP contribution in [0.4, 0.5) is 0 Å². The Labute approximate surface area is 164 Å². The zero-order valence-electron chi connectivity index (χ0n) is 16.4. The second kappa shape index (κ2) is 13.8. The molecule has 0 saturated heterocycles. The molecule has 0 saturated carbocycles. The zero-order valence-corrected chi connectivity index (χ0v) is 18.1. The van der Waals surface area contributed by atoms with Gasteiger partial charge in [0, 0.05) is 0 Å². The summed E-state index contributed by atoms with van der Waals surface area (Å²) in [4.78, 5) is 25.4. The molecule has 0 heterocycles. The molecule has 0 amide bonds. The van der Waals surface area contributed by atoms with Gasteiger partial charge in [0.2, 0.25) is 0 Å². The number of esters is 1. The fourth-order valence-corrected chi connectivity index (χ4v) is 4.88. The molecule has 26 heavy (non-hydrogen) atoms. The number of benzene rings is 1. The summed E-state index contributed by atoms with van der Waals surface area (Å²) in [5, 5.41) is 0. The van der Waals surface area contributed by atoms with Gasteiger partial charge in [-0.05, 0) is 0 Å². The Morgan fingerprint density at radius 3 is 2.19 bits per heavy atom. The van der Waals surface area contributed by atoms with E-state index in [0.29, 0.717) is 29.5 Å². The molecular weight excluding hydrogens is 391 g/mol. The van der Waals surface area contributed by atoms with E-state index in [1.54, 1.807) is 6.92 Å². The molecule has 0 fully saturated rings. The minimum absolute atomic E-state index is 0.127. The summed E-state index contributed by atoms with van der Waals surface area (Å²) in [6.07, 6.45) is 7.51. The molecule has 0 aliphatic heterocycles. The van der Waals surface area contributed by atoms with Crippen LogP contribution >= 0.6 is 0 Å². The molecule has 0 radical (unpaired) electrons. The third-order valence-corrected chi connectivity index (χ3v) is 6.51. The van der Waals surface area contributed by atoms with Crippen LogP contribution in [0.25, 0.3) is 0 Å². The summed E-state index contributed by atoms with van der Waals surface area (Å²) in [6.45, 7) is 6.36. The van der Waals surface area contributed by atoms with Gasteiger partial charge in [-0.15, -0.1) is 0 Å². The van der Waals surface area contributed by atoms with Gasteiger partial charge in [0.15, 0.2) is 0 Å². The first-order valence-corrected chi connectivity index (χ1v) is 11.5. The van der Waals surface area contributed by atoms with Gasteiger partial charge in [-0.3, -0.25) is 0 Å². The number of Topliss-reactive ketones (excluding diaryl/α,β-unsaturated/α-hetero) is 1. The van der Waals surface area contributed by atoms with E-state index in [-0.39, 0.29) is 26.7 Å². The van der Waals surface area contributed by atoms with Gasteiger partial charge >= 0.3 is 165 Å². The van der Waals surface area contributed by atoms with Gasteiger partial charge < -0.3 is 0 Å². The molecule has 0 aliphatic rings. The first-order valence-electron chi connectivity index (χ1n) is 9.80. The second-order valence-corrected chi connectivity index (χ2v) is 8.55. The topological polar surface area (TPSA) is 43.4 Å². The normalized spacial score (nSPS) is 11.8. The van der Waals surface area contributed by atoms with Gasteiger partial charge in [0.25, 0.3) is 0 Å². The van der Waals surface area contributed by atoms with E-state index < -0.39 is 0 Å². The van der Waals surface area contributed by atoms with Crippen molar-refractivity contribution in [1.29, 1.82) is 0 Å². The molecule has 3 nitrogen and oxygen atoms in total. The monoisotopic (exact) mass is 424 g/mol. The number of ether oxygens (including phenoxy) is 1. The number of allylic oxidation sites excluding steroid dienone is 1. The van der Waals surface area contributed by atoms with Crippen molar-refractivity contribution < 1.29 is 14.3 Å². The molecular formula is C22H32O3Se. The number of unbranched alkanes of at least 4 members (excludes halogenated alkanes) is 4. The van der Waals surface area contributed by atoms with Crippen LogP contribution in [0.2, 0.25) is 0 Å². The van der Waals surface area contributed by atoms with Crippen LogP contribution in [0.1, 0.15) is 72.1 Å². The first kappa shape index (κ1) is 22.7. The van der Waals surface area contributed by atoms with E-state index in [1.165, 1.54) is 19.3 Å². The molecule has 144 valence electrons. The number of ketones is 1. The molecule has 0 N–H and O–H groups in total. The van der Waals surface area contributed by atoms with Crippen molar-refractivity contribution in [3.8, 4) is 0 Å². The van der Waals surface area contributed by atoms with E-state index in [1.807, 2.05) is 37.3 Å². The van der Waals surface area contributed by atoms with Crippen molar-refractivity contribution in [2.45, 2.75) is 72.1 Å². The Balaban J connectivity index is 3.00. The molecule has 1 rings (SSSR count). The van der Waals surface area contributed by atoms with Gasteiger partial charge in [0.05, 0.1) is 0 Å². The van der Waals surface area contributed by atoms with Gasteiger partial charge in [-0.25, -0.2) is 0 Å². The molecule has 4 heteroatoms. The third-order valence-electron chi connectivity index (χ3n) is 4.02. The van der Waals surface area contributed by atoms with E-state index in [0.717, 1.165) is 23.7 Å². The van der Waals surface area contributed by atoms with Crippen molar-refractivity contribution in [1.82, 2.24) is 0 Å². The van der Waals surface area contributed by atoms with Crippen molar-refractivity contribution >= 4 is 31.2 Å².